The second-order valence-corrected chi connectivity index (χ2v) is 8.75. The van der Waals surface area contributed by atoms with E-state index < -0.39 is 0 Å². The molecule has 2 heterocycles. The molecular weight excluding hydrogens is 422 g/mol. The molecular formula is C26H20ClN3S. The largest absolute Gasteiger partial charge is 0.301 e. The number of fused-ring (bicyclic) bond motifs is 1. The van der Waals surface area contributed by atoms with Crippen molar-refractivity contribution in [3.8, 4) is 16.8 Å². The highest BCUT2D eigenvalue weighted by atomic mass is 35.5. The van der Waals surface area contributed by atoms with Crippen LogP contribution in [-0.4, -0.2) is 14.5 Å². The number of aryl methyl sites for hydroxylation is 1. The van der Waals surface area contributed by atoms with Crippen molar-refractivity contribution in [3.05, 3.63) is 108 Å². The molecule has 0 atom stereocenters. The van der Waals surface area contributed by atoms with Crippen molar-refractivity contribution < 1.29 is 0 Å². The first-order chi connectivity index (χ1) is 15.2. The number of thioether (sulfide) groups is 1. The van der Waals surface area contributed by atoms with Gasteiger partial charge in [-0.25, -0.2) is 9.97 Å². The molecule has 0 amide bonds. The Labute approximate surface area is 190 Å². The van der Waals surface area contributed by atoms with Crippen LogP contribution in [0.4, 0.5) is 0 Å². The fourth-order valence-corrected chi connectivity index (χ4v) is 5.01. The molecule has 0 aliphatic heterocycles. The lowest BCUT2D eigenvalue weighted by Crippen LogP contribution is -1.95. The van der Waals surface area contributed by atoms with Crippen molar-refractivity contribution in [2.45, 2.75) is 17.7 Å². The van der Waals surface area contributed by atoms with E-state index in [1.54, 1.807) is 18.1 Å². The molecule has 3 nitrogen and oxygen atoms in total. The molecule has 0 saturated carbocycles. The topological polar surface area (TPSA) is 30.7 Å². The van der Waals surface area contributed by atoms with Gasteiger partial charge >= 0.3 is 0 Å². The molecule has 5 rings (SSSR count). The lowest BCUT2D eigenvalue weighted by molar-refractivity contribution is 1.04. The Morgan fingerprint density at radius 1 is 0.903 bits per heavy atom. The van der Waals surface area contributed by atoms with Crippen molar-refractivity contribution in [2.24, 2.45) is 0 Å². The minimum Gasteiger partial charge on any atom is -0.301 e. The highest BCUT2D eigenvalue weighted by molar-refractivity contribution is 7.98. The van der Waals surface area contributed by atoms with Gasteiger partial charge in [0.05, 0.1) is 5.39 Å². The van der Waals surface area contributed by atoms with Crippen LogP contribution in [0.5, 0.6) is 0 Å². The van der Waals surface area contributed by atoms with Crippen molar-refractivity contribution >= 4 is 34.4 Å². The van der Waals surface area contributed by atoms with Gasteiger partial charge in [0.15, 0.2) is 0 Å². The van der Waals surface area contributed by atoms with Crippen molar-refractivity contribution in [1.82, 2.24) is 14.5 Å². The lowest BCUT2D eigenvalue weighted by Gasteiger charge is -2.07. The smallest absolute Gasteiger partial charge is 0.149 e. The van der Waals surface area contributed by atoms with Crippen LogP contribution in [0, 0.1) is 6.92 Å². The van der Waals surface area contributed by atoms with Gasteiger partial charge in [0.2, 0.25) is 0 Å². The van der Waals surface area contributed by atoms with Gasteiger partial charge in [0.25, 0.3) is 0 Å². The van der Waals surface area contributed by atoms with Gasteiger partial charge in [0.1, 0.15) is 17.0 Å². The van der Waals surface area contributed by atoms with E-state index in [1.807, 2.05) is 24.3 Å². The zero-order valence-corrected chi connectivity index (χ0v) is 18.6. The standard InChI is InChI=1S/C26H20ClN3S/c1-18-8-7-12-21(14-18)30-15-22(19-9-3-2-4-10-19)24-25(30)28-17-29-26(24)31-16-20-11-5-6-13-23(20)27/h2-15,17H,16H2,1H3. The fourth-order valence-electron chi connectivity index (χ4n) is 3.72. The summed E-state index contributed by atoms with van der Waals surface area (Å²) in [6.45, 7) is 2.10. The molecule has 0 aliphatic rings. The Morgan fingerprint density at radius 2 is 1.71 bits per heavy atom. The number of aromatic nitrogens is 3. The minimum absolute atomic E-state index is 0.746. The first-order valence-electron chi connectivity index (χ1n) is 10.1. The van der Waals surface area contributed by atoms with Crippen LogP contribution in [0.2, 0.25) is 5.02 Å². The predicted octanol–water partition coefficient (Wildman–Crippen LogP) is 7.34. The Hall–Kier alpha value is -3.08. The Morgan fingerprint density at radius 3 is 2.52 bits per heavy atom. The molecule has 0 spiro atoms. The average Bonchev–Trinajstić information content (AvgIpc) is 3.20. The van der Waals surface area contributed by atoms with Crippen molar-refractivity contribution in [1.29, 1.82) is 0 Å². The van der Waals surface area contributed by atoms with Crippen LogP contribution in [0.25, 0.3) is 27.8 Å². The average molecular weight is 442 g/mol. The zero-order valence-electron chi connectivity index (χ0n) is 17.0. The fraction of sp³-hybridized carbons (Fsp3) is 0.0769. The predicted molar refractivity (Wildman–Crippen MR) is 130 cm³/mol. The van der Waals surface area contributed by atoms with Gasteiger partial charge in [-0.15, -0.1) is 11.8 Å². The molecule has 0 N–H and O–H groups in total. The zero-order chi connectivity index (χ0) is 21.2. The van der Waals surface area contributed by atoms with Crippen LogP contribution in [0.1, 0.15) is 11.1 Å². The third-order valence-electron chi connectivity index (χ3n) is 5.24. The van der Waals surface area contributed by atoms with E-state index in [0.717, 1.165) is 49.2 Å². The molecule has 152 valence electrons. The molecule has 5 aromatic rings. The summed E-state index contributed by atoms with van der Waals surface area (Å²) in [6, 6.07) is 26.8. The number of hydrogen-bond acceptors (Lipinski definition) is 3. The van der Waals surface area contributed by atoms with E-state index >= 15 is 0 Å². The van der Waals surface area contributed by atoms with Crippen LogP contribution in [0.15, 0.2) is 96.4 Å². The van der Waals surface area contributed by atoms with Gasteiger partial charge < -0.3 is 4.57 Å². The first-order valence-corrected chi connectivity index (χ1v) is 11.4. The van der Waals surface area contributed by atoms with Crippen molar-refractivity contribution in [2.75, 3.05) is 0 Å². The first kappa shape index (κ1) is 19.9. The van der Waals surface area contributed by atoms with Crippen LogP contribution >= 0.6 is 23.4 Å². The molecule has 0 bridgehead atoms. The van der Waals surface area contributed by atoms with Crippen LogP contribution < -0.4 is 0 Å². The van der Waals surface area contributed by atoms with E-state index in [0.29, 0.717) is 0 Å². The van der Waals surface area contributed by atoms with Crippen molar-refractivity contribution in [3.63, 3.8) is 0 Å². The number of hydrogen-bond donors (Lipinski definition) is 0. The number of rotatable bonds is 5. The monoisotopic (exact) mass is 441 g/mol. The highest BCUT2D eigenvalue weighted by Gasteiger charge is 2.18. The summed E-state index contributed by atoms with van der Waals surface area (Å²) < 4.78 is 2.16. The highest BCUT2D eigenvalue weighted by Crippen LogP contribution is 2.38. The second kappa shape index (κ2) is 8.58. The Bertz CT molecular complexity index is 1360. The summed E-state index contributed by atoms with van der Waals surface area (Å²) in [5, 5.41) is 2.79. The van der Waals surface area contributed by atoms with Gasteiger partial charge in [-0.2, -0.15) is 0 Å². The summed E-state index contributed by atoms with van der Waals surface area (Å²) in [4.78, 5) is 9.34. The molecule has 5 heteroatoms. The Kier molecular flexibility index (Phi) is 5.49. The number of nitrogens with zero attached hydrogens (tertiary/aromatic N) is 3. The quantitative estimate of drug-likeness (QED) is 0.211. The van der Waals surface area contributed by atoms with E-state index in [4.69, 9.17) is 11.6 Å². The lowest BCUT2D eigenvalue weighted by atomic mass is 10.1. The molecule has 0 fully saturated rings. The summed E-state index contributed by atoms with van der Waals surface area (Å²) in [5.74, 6) is 0.746. The summed E-state index contributed by atoms with van der Waals surface area (Å²) in [7, 11) is 0. The maximum absolute atomic E-state index is 6.38. The maximum atomic E-state index is 6.38. The minimum atomic E-state index is 0.746. The SMILES string of the molecule is Cc1cccc(-n2cc(-c3ccccc3)c3c(SCc4ccccc4Cl)ncnc32)c1. The molecule has 0 aliphatic carbocycles. The van der Waals surface area contributed by atoms with Gasteiger partial charge in [-0.3, -0.25) is 0 Å². The molecule has 31 heavy (non-hydrogen) atoms. The summed E-state index contributed by atoms with van der Waals surface area (Å²) in [5.41, 5.74) is 6.57. The molecule has 0 radical (unpaired) electrons. The third-order valence-corrected chi connectivity index (χ3v) is 6.64. The van der Waals surface area contributed by atoms with Gasteiger partial charge in [0, 0.05) is 28.2 Å². The summed E-state index contributed by atoms with van der Waals surface area (Å²) in [6.07, 6.45) is 3.82. The van der Waals surface area contributed by atoms with E-state index in [-0.39, 0.29) is 0 Å². The molecule has 0 saturated heterocycles. The van der Waals surface area contributed by atoms with E-state index in [1.165, 1.54) is 5.56 Å². The molecule has 0 unspecified atom stereocenters. The number of benzene rings is 3. The van der Waals surface area contributed by atoms with Crippen LogP contribution in [-0.2, 0) is 5.75 Å². The molecule has 2 aromatic heterocycles. The number of halogens is 1. The summed E-state index contributed by atoms with van der Waals surface area (Å²) >= 11 is 8.07. The van der Waals surface area contributed by atoms with Gasteiger partial charge in [-0.1, -0.05) is 72.3 Å². The van der Waals surface area contributed by atoms with Gasteiger partial charge in [-0.05, 0) is 41.8 Å². The maximum Gasteiger partial charge on any atom is 0.149 e. The van der Waals surface area contributed by atoms with E-state index in [9.17, 15) is 0 Å². The normalized spacial score (nSPS) is 11.2. The molecule has 3 aromatic carbocycles. The van der Waals surface area contributed by atoms with Crippen LogP contribution in [0.3, 0.4) is 0 Å². The Balaban J connectivity index is 1.67. The third kappa shape index (κ3) is 3.97. The second-order valence-electron chi connectivity index (χ2n) is 7.38. The van der Waals surface area contributed by atoms with E-state index in [2.05, 4.69) is 82.3 Å².